The summed E-state index contributed by atoms with van der Waals surface area (Å²) in [6, 6.07) is 10.3. The molecule has 142 valence electrons. The van der Waals surface area contributed by atoms with Gasteiger partial charge in [-0.25, -0.2) is 4.79 Å². The number of fused-ring (bicyclic) bond motifs is 1. The molecule has 0 saturated carbocycles. The highest BCUT2D eigenvalue weighted by molar-refractivity contribution is 7.98. The Bertz CT molecular complexity index is 841. The van der Waals surface area contributed by atoms with Crippen LogP contribution in [-0.4, -0.2) is 38.0 Å². The minimum Gasteiger partial charge on any atom is -0.489 e. The van der Waals surface area contributed by atoms with Gasteiger partial charge in [-0.2, -0.15) is 0 Å². The molecular formula is C19H18ClNO5S. The zero-order valence-corrected chi connectivity index (χ0v) is 16.2. The Labute approximate surface area is 166 Å². The van der Waals surface area contributed by atoms with Crippen molar-refractivity contribution in [2.45, 2.75) is 11.3 Å². The molecule has 0 unspecified atom stereocenters. The summed E-state index contributed by atoms with van der Waals surface area (Å²) in [5.74, 6) is -0.288. The SMILES string of the molecule is CSc1ccc(NC(=O)COC(=O)c2cc(Cl)c3c(c2)OCCCO3)cc1. The third kappa shape index (κ3) is 5.08. The maximum absolute atomic E-state index is 12.2. The number of hydrogen-bond donors (Lipinski definition) is 1. The van der Waals surface area contributed by atoms with Crippen LogP contribution in [0.4, 0.5) is 5.69 Å². The van der Waals surface area contributed by atoms with Gasteiger partial charge in [-0.3, -0.25) is 4.79 Å². The van der Waals surface area contributed by atoms with Gasteiger partial charge in [0.1, 0.15) is 0 Å². The molecule has 1 N–H and O–H groups in total. The molecule has 0 spiro atoms. The molecule has 0 fully saturated rings. The van der Waals surface area contributed by atoms with Crippen LogP contribution in [0, 0.1) is 0 Å². The number of nitrogens with one attached hydrogen (secondary N) is 1. The second kappa shape index (κ2) is 9.01. The number of carbonyl (C=O) groups is 2. The monoisotopic (exact) mass is 407 g/mol. The first-order chi connectivity index (χ1) is 13.1. The highest BCUT2D eigenvalue weighted by Gasteiger charge is 2.19. The lowest BCUT2D eigenvalue weighted by molar-refractivity contribution is -0.119. The summed E-state index contributed by atoms with van der Waals surface area (Å²) in [5.41, 5.74) is 0.828. The number of hydrogen-bond acceptors (Lipinski definition) is 6. The maximum atomic E-state index is 12.2. The minimum atomic E-state index is -0.666. The van der Waals surface area contributed by atoms with Crippen LogP contribution < -0.4 is 14.8 Å². The number of ether oxygens (including phenoxy) is 3. The topological polar surface area (TPSA) is 73.9 Å². The molecule has 2 aromatic rings. The van der Waals surface area contributed by atoms with Crippen molar-refractivity contribution < 1.29 is 23.8 Å². The summed E-state index contributed by atoms with van der Waals surface area (Å²) in [5, 5.41) is 2.94. The standard InChI is InChI=1S/C19H18ClNO5S/c1-27-14-5-3-13(4-6-14)21-17(22)11-26-19(23)12-9-15(20)18-16(10-12)24-7-2-8-25-18/h3-6,9-10H,2,7-8,11H2,1H3,(H,21,22). The zero-order valence-electron chi connectivity index (χ0n) is 14.6. The van der Waals surface area contributed by atoms with Gasteiger partial charge in [0.2, 0.25) is 0 Å². The van der Waals surface area contributed by atoms with E-state index in [1.807, 2.05) is 18.4 Å². The maximum Gasteiger partial charge on any atom is 0.338 e. The Morgan fingerprint density at radius 2 is 1.93 bits per heavy atom. The van der Waals surface area contributed by atoms with Crippen molar-refractivity contribution in [1.82, 2.24) is 0 Å². The third-order valence-electron chi connectivity index (χ3n) is 3.75. The smallest absolute Gasteiger partial charge is 0.338 e. The van der Waals surface area contributed by atoms with E-state index in [0.717, 1.165) is 11.3 Å². The highest BCUT2D eigenvalue weighted by Crippen LogP contribution is 2.38. The summed E-state index contributed by atoms with van der Waals surface area (Å²) in [6.45, 7) is 0.559. The molecule has 0 bridgehead atoms. The van der Waals surface area contributed by atoms with E-state index in [2.05, 4.69) is 5.32 Å². The van der Waals surface area contributed by atoms with Crippen molar-refractivity contribution in [3.05, 3.63) is 47.0 Å². The number of halogens is 1. The molecule has 3 rings (SSSR count). The van der Waals surface area contributed by atoms with E-state index in [0.29, 0.717) is 30.4 Å². The lowest BCUT2D eigenvalue weighted by Gasteiger charge is -2.11. The molecule has 6 nitrogen and oxygen atoms in total. The molecule has 0 radical (unpaired) electrons. The van der Waals surface area contributed by atoms with E-state index in [4.69, 9.17) is 25.8 Å². The van der Waals surface area contributed by atoms with E-state index in [9.17, 15) is 9.59 Å². The molecule has 8 heteroatoms. The van der Waals surface area contributed by atoms with Crippen LogP contribution in [0.2, 0.25) is 5.02 Å². The minimum absolute atomic E-state index is 0.196. The van der Waals surface area contributed by atoms with Crippen LogP contribution in [0.25, 0.3) is 0 Å². The van der Waals surface area contributed by atoms with Crippen LogP contribution in [0.3, 0.4) is 0 Å². The molecule has 1 amide bonds. The number of carbonyl (C=O) groups excluding carboxylic acids is 2. The third-order valence-corrected chi connectivity index (χ3v) is 4.77. The van der Waals surface area contributed by atoms with E-state index in [-0.39, 0.29) is 10.6 Å². The van der Waals surface area contributed by atoms with Gasteiger partial charge in [-0.05, 0) is 42.7 Å². The van der Waals surface area contributed by atoms with Gasteiger partial charge in [-0.1, -0.05) is 11.6 Å². The number of amides is 1. The highest BCUT2D eigenvalue weighted by atomic mass is 35.5. The number of thioether (sulfide) groups is 1. The molecule has 0 atom stereocenters. The van der Waals surface area contributed by atoms with Gasteiger partial charge in [0.25, 0.3) is 5.91 Å². The van der Waals surface area contributed by atoms with Crippen molar-refractivity contribution in [3.8, 4) is 11.5 Å². The molecule has 2 aromatic carbocycles. The summed E-state index contributed by atoms with van der Waals surface area (Å²) >= 11 is 7.77. The number of benzene rings is 2. The van der Waals surface area contributed by atoms with Gasteiger partial charge in [-0.15, -0.1) is 11.8 Å². The fraction of sp³-hybridized carbons (Fsp3) is 0.263. The molecular weight excluding hydrogens is 390 g/mol. The van der Waals surface area contributed by atoms with Gasteiger partial charge in [0, 0.05) is 17.0 Å². The lowest BCUT2D eigenvalue weighted by Crippen LogP contribution is -2.21. The fourth-order valence-corrected chi connectivity index (χ4v) is 3.11. The van der Waals surface area contributed by atoms with Crippen molar-refractivity contribution in [2.24, 2.45) is 0 Å². The van der Waals surface area contributed by atoms with Crippen LogP contribution >= 0.6 is 23.4 Å². The first kappa shape index (κ1) is 19.4. The van der Waals surface area contributed by atoms with Crippen molar-refractivity contribution in [3.63, 3.8) is 0 Å². The van der Waals surface area contributed by atoms with E-state index in [1.54, 1.807) is 23.9 Å². The zero-order chi connectivity index (χ0) is 19.2. The molecule has 1 aliphatic heterocycles. The molecule has 0 aromatic heterocycles. The van der Waals surface area contributed by atoms with Crippen molar-refractivity contribution >= 4 is 40.9 Å². The number of anilines is 1. The second-order valence-electron chi connectivity index (χ2n) is 5.69. The first-order valence-electron chi connectivity index (χ1n) is 8.27. The van der Waals surface area contributed by atoms with Crippen LogP contribution in [0.15, 0.2) is 41.3 Å². The summed E-state index contributed by atoms with van der Waals surface area (Å²) < 4.78 is 16.1. The van der Waals surface area contributed by atoms with Gasteiger partial charge < -0.3 is 19.5 Å². The number of esters is 1. The Kier molecular flexibility index (Phi) is 6.47. The Morgan fingerprint density at radius 1 is 1.19 bits per heavy atom. The quantitative estimate of drug-likeness (QED) is 0.596. The lowest BCUT2D eigenvalue weighted by atomic mass is 10.2. The average molecular weight is 408 g/mol. The Balaban J connectivity index is 1.59. The van der Waals surface area contributed by atoms with Crippen molar-refractivity contribution in [1.29, 1.82) is 0 Å². The second-order valence-corrected chi connectivity index (χ2v) is 6.98. The van der Waals surface area contributed by atoms with E-state index in [1.165, 1.54) is 12.1 Å². The molecule has 1 heterocycles. The first-order valence-corrected chi connectivity index (χ1v) is 9.87. The van der Waals surface area contributed by atoms with E-state index >= 15 is 0 Å². The van der Waals surface area contributed by atoms with Crippen LogP contribution in [-0.2, 0) is 9.53 Å². The largest absolute Gasteiger partial charge is 0.489 e. The Morgan fingerprint density at radius 3 is 2.67 bits per heavy atom. The van der Waals surface area contributed by atoms with Gasteiger partial charge in [0.05, 0.1) is 23.8 Å². The molecule has 0 saturated heterocycles. The summed E-state index contributed by atoms with van der Waals surface area (Å²) in [6.07, 6.45) is 2.70. The summed E-state index contributed by atoms with van der Waals surface area (Å²) in [7, 11) is 0. The predicted molar refractivity (Wildman–Crippen MR) is 104 cm³/mol. The molecule has 0 aliphatic carbocycles. The Hall–Kier alpha value is -2.38. The molecule has 1 aliphatic rings. The van der Waals surface area contributed by atoms with Crippen molar-refractivity contribution in [2.75, 3.05) is 31.4 Å². The normalized spacial score (nSPS) is 12.8. The number of rotatable bonds is 5. The average Bonchev–Trinajstić information content (AvgIpc) is 2.92. The van der Waals surface area contributed by atoms with Crippen LogP contribution in [0.1, 0.15) is 16.8 Å². The van der Waals surface area contributed by atoms with E-state index < -0.39 is 18.5 Å². The van der Waals surface area contributed by atoms with Gasteiger partial charge in [0.15, 0.2) is 18.1 Å². The fourth-order valence-electron chi connectivity index (χ4n) is 2.43. The van der Waals surface area contributed by atoms with Gasteiger partial charge >= 0.3 is 5.97 Å². The van der Waals surface area contributed by atoms with Crippen LogP contribution in [0.5, 0.6) is 11.5 Å². The molecule has 27 heavy (non-hydrogen) atoms. The summed E-state index contributed by atoms with van der Waals surface area (Å²) in [4.78, 5) is 25.3. The predicted octanol–water partition coefficient (Wildman–Crippen LogP) is 4.02.